The number of halogens is 1. The summed E-state index contributed by atoms with van der Waals surface area (Å²) in [7, 11) is 0. The van der Waals surface area contributed by atoms with Crippen molar-refractivity contribution in [2.45, 2.75) is 44.6 Å². The lowest BCUT2D eigenvalue weighted by molar-refractivity contribution is -0.119. The van der Waals surface area contributed by atoms with E-state index in [9.17, 15) is 14.0 Å². The Kier molecular flexibility index (Phi) is 5.89. The van der Waals surface area contributed by atoms with Gasteiger partial charge in [-0.05, 0) is 49.8 Å². The molecule has 0 saturated carbocycles. The van der Waals surface area contributed by atoms with Gasteiger partial charge < -0.3 is 15.5 Å². The van der Waals surface area contributed by atoms with Crippen LogP contribution in [0.15, 0.2) is 24.3 Å². The molecule has 136 valence electrons. The predicted octanol–water partition coefficient (Wildman–Crippen LogP) is 2.46. The Morgan fingerprint density at radius 1 is 1.36 bits per heavy atom. The molecule has 0 aliphatic carbocycles. The molecule has 2 saturated heterocycles. The normalized spacial score (nSPS) is 23.4. The number of amides is 3. The fraction of sp³-hybridized carbons (Fsp3) is 0.579. The van der Waals surface area contributed by atoms with Crippen molar-refractivity contribution in [3.05, 3.63) is 35.6 Å². The summed E-state index contributed by atoms with van der Waals surface area (Å²) in [5.41, 5.74) is 0.945. The van der Waals surface area contributed by atoms with Crippen molar-refractivity contribution in [3.63, 3.8) is 0 Å². The number of hydrogen-bond donors (Lipinski definition) is 2. The fourth-order valence-electron chi connectivity index (χ4n) is 3.88. The molecule has 2 unspecified atom stereocenters. The Labute approximate surface area is 148 Å². The van der Waals surface area contributed by atoms with Crippen LogP contribution in [0.1, 0.15) is 37.7 Å². The lowest BCUT2D eigenvalue weighted by Gasteiger charge is -2.38. The average molecular weight is 347 g/mol. The van der Waals surface area contributed by atoms with Crippen LogP contribution in [0.25, 0.3) is 0 Å². The van der Waals surface area contributed by atoms with Crippen LogP contribution in [0.5, 0.6) is 0 Å². The Hall–Kier alpha value is -2.11. The van der Waals surface area contributed by atoms with Gasteiger partial charge in [0, 0.05) is 38.0 Å². The van der Waals surface area contributed by atoms with E-state index in [-0.39, 0.29) is 29.7 Å². The Balaban J connectivity index is 1.46. The van der Waals surface area contributed by atoms with E-state index in [1.54, 1.807) is 6.07 Å². The maximum Gasteiger partial charge on any atom is 0.317 e. The third kappa shape index (κ3) is 4.71. The minimum absolute atomic E-state index is 0.0386. The summed E-state index contributed by atoms with van der Waals surface area (Å²) in [5.74, 6) is 0.0919. The van der Waals surface area contributed by atoms with Crippen LogP contribution in [-0.4, -0.2) is 42.5 Å². The molecular weight excluding hydrogens is 321 g/mol. The van der Waals surface area contributed by atoms with Gasteiger partial charge in [-0.3, -0.25) is 4.79 Å². The van der Waals surface area contributed by atoms with E-state index in [2.05, 4.69) is 10.6 Å². The number of hydrogen-bond acceptors (Lipinski definition) is 2. The minimum Gasteiger partial charge on any atom is -0.356 e. The van der Waals surface area contributed by atoms with E-state index in [4.69, 9.17) is 0 Å². The monoisotopic (exact) mass is 347 g/mol. The second kappa shape index (κ2) is 8.32. The zero-order valence-corrected chi connectivity index (χ0v) is 14.5. The van der Waals surface area contributed by atoms with E-state index in [0.717, 1.165) is 44.2 Å². The van der Waals surface area contributed by atoms with Gasteiger partial charge >= 0.3 is 6.03 Å². The number of carbonyl (C=O) groups is 2. The van der Waals surface area contributed by atoms with E-state index < -0.39 is 0 Å². The quantitative estimate of drug-likeness (QED) is 0.804. The summed E-state index contributed by atoms with van der Waals surface area (Å²) in [6.45, 7) is 2.00. The summed E-state index contributed by atoms with van der Waals surface area (Å²) < 4.78 is 13.2. The number of benzene rings is 1. The van der Waals surface area contributed by atoms with Gasteiger partial charge in [0.05, 0.1) is 0 Å². The number of likely N-dealkylation sites (tertiary alicyclic amines) is 1. The van der Waals surface area contributed by atoms with Gasteiger partial charge in [0.15, 0.2) is 0 Å². The van der Waals surface area contributed by atoms with Gasteiger partial charge in [-0.2, -0.15) is 0 Å². The summed E-state index contributed by atoms with van der Waals surface area (Å²) >= 11 is 0. The van der Waals surface area contributed by atoms with Crippen LogP contribution in [0.4, 0.5) is 9.18 Å². The topological polar surface area (TPSA) is 61.4 Å². The van der Waals surface area contributed by atoms with Crippen molar-refractivity contribution in [2.24, 2.45) is 5.92 Å². The molecule has 25 heavy (non-hydrogen) atoms. The largest absolute Gasteiger partial charge is 0.356 e. The van der Waals surface area contributed by atoms with Gasteiger partial charge in [-0.1, -0.05) is 12.1 Å². The van der Waals surface area contributed by atoms with Crippen molar-refractivity contribution in [1.82, 2.24) is 15.5 Å². The zero-order chi connectivity index (χ0) is 17.6. The smallest absolute Gasteiger partial charge is 0.317 e. The van der Waals surface area contributed by atoms with Crippen molar-refractivity contribution in [1.29, 1.82) is 0 Å². The maximum atomic E-state index is 13.2. The van der Waals surface area contributed by atoms with Crippen molar-refractivity contribution >= 4 is 11.9 Å². The number of urea groups is 1. The molecule has 0 radical (unpaired) electrons. The van der Waals surface area contributed by atoms with E-state index in [1.807, 2.05) is 11.0 Å². The highest BCUT2D eigenvalue weighted by molar-refractivity contribution is 5.79. The maximum absolute atomic E-state index is 13.2. The first-order chi connectivity index (χ1) is 12.1. The first kappa shape index (κ1) is 17.7. The lowest BCUT2D eigenvalue weighted by atomic mass is 9.90. The second-order valence-electron chi connectivity index (χ2n) is 6.99. The molecule has 0 bridgehead atoms. The molecule has 2 aliphatic heterocycles. The summed E-state index contributed by atoms with van der Waals surface area (Å²) in [6.07, 6.45) is 5.13. The summed E-state index contributed by atoms with van der Waals surface area (Å²) in [6, 6.07) is 6.68. The summed E-state index contributed by atoms with van der Waals surface area (Å²) in [5, 5.41) is 5.86. The van der Waals surface area contributed by atoms with Crippen LogP contribution >= 0.6 is 0 Å². The number of aryl methyl sites for hydroxylation is 1. The average Bonchev–Trinajstić information content (AvgIpc) is 3.05. The number of nitrogens with one attached hydrogen (secondary N) is 2. The Bertz CT molecular complexity index is 622. The van der Waals surface area contributed by atoms with E-state index in [1.165, 1.54) is 12.1 Å². The van der Waals surface area contributed by atoms with Gasteiger partial charge in [0.2, 0.25) is 5.91 Å². The molecule has 0 aromatic heterocycles. The molecule has 2 aliphatic rings. The molecule has 1 aromatic rings. The third-order valence-electron chi connectivity index (χ3n) is 5.17. The Morgan fingerprint density at radius 2 is 2.24 bits per heavy atom. The van der Waals surface area contributed by atoms with Crippen LogP contribution in [-0.2, 0) is 11.2 Å². The molecule has 2 heterocycles. The SMILES string of the molecule is O=C1CC(C2CCCCN2C(=O)NCCCc2cccc(F)c2)CN1. The molecule has 3 amide bonds. The third-order valence-corrected chi connectivity index (χ3v) is 5.17. The molecule has 6 heteroatoms. The fourth-order valence-corrected chi connectivity index (χ4v) is 3.88. The summed E-state index contributed by atoms with van der Waals surface area (Å²) in [4.78, 5) is 26.0. The number of nitrogens with zero attached hydrogens (tertiary/aromatic N) is 1. The predicted molar refractivity (Wildman–Crippen MR) is 93.6 cm³/mol. The molecular formula is C19H26FN3O2. The highest BCUT2D eigenvalue weighted by atomic mass is 19.1. The number of piperidine rings is 1. The molecule has 2 atom stereocenters. The molecule has 5 nitrogen and oxygen atoms in total. The first-order valence-corrected chi connectivity index (χ1v) is 9.19. The first-order valence-electron chi connectivity index (χ1n) is 9.19. The van der Waals surface area contributed by atoms with Crippen LogP contribution in [0, 0.1) is 11.7 Å². The minimum atomic E-state index is -0.225. The molecule has 0 spiro atoms. The zero-order valence-electron chi connectivity index (χ0n) is 14.5. The highest BCUT2D eigenvalue weighted by Gasteiger charge is 2.36. The highest BCUT2D eigenvalue weighted by Crippen LogP contribution is 2.27. The lowest BCUT2D eigenvalue weighted by Crippen LogP contribution is -2.52. The standard InChI is InChI=1S/C19H26FN3O2/c20-16-7-3-5-14(11-16)6-4-9-21-19(25)23-10-2-1-8-17(23)15-12-18(24)22-13-15/h3,5,7,11,15,17H,1-2,4,6,8-10,12-13H2,(H,21,25)(H,22,24). The van der Waals surface area contributed by atoms with Crippen LogP contribution in [0.3, 0.4) is 0 Å². The van der Waals surface area contributed by atoms with Gasteiger partial charge in [-0.25, -0.2) is 9.18 Å². The van der Waals surface area contributed by atoms with Gasteiger partial charge in [0.25, 0.3) is 0 Å². The molecule has 2 fully saturated rings. The van der Waals surface area contributed by atoms with E-state index in [0.29, 0.717) is 19.5 Å². The van der Waals surface area contributed by atoms with Crippen molar-refractivity contribution in [2.75, 3.05) is 19.6 Å². The molecule has 3 rings (SSSR count). The molecule has 2 N–H and O–H groups in total. The van der Waals surface area contributed by atoms with Crippen molar-refractivity contribution < 1.29 is 14.0 Å². The Morgan fingerprint density at radius 3 is 3.00 bits per heavy atom. The van der Waals surface area contributed by atoms with Crippen molar-refractivity contribution in [3.8, 4) is 0 Å². The second-order valence-corrected chi connectivity index (χ2v) is 6.99. The molecule has 1 aromatic carbocycles. The van der Waals surface area contributed by atoms with Gasteiger partial charge in [-0.15, -0.1) is 0 Å². The van der Waals surface area contributed by atoms with Crippen LogP contribution in [0.2, 0.25) is 0 Å². The number of carbonyl (C=O) groups excluding carboxylic acids is 2. The van der Waals surface area contributed by atoms with Gasteiger partial charge in [0.1, 0.15) is 5.82 Å². The van der Waals surface area contributed by atoms with E-state index >= 15 is 0 Å². The number of rotatable bonds is 5. The van der Waals surface area contributed by atoms with Crippen LogP contribution < -0.4 is 10.6 Å².